The van der Waals surface area contributed by atoms with Crippen LogP contribution in [0.4, 0.5) is 10.6 Å². The summed E-state index contributed by atoms with van der Waals surface area (Å²) in [6.45, 7) is 6.63. The number of carbonyl (C=O) groups excluding carboxylic acids is 1. The van der Waals surface area contributed by atoms with Crippen LogP contribution >= 0.6 is 22.6 Å². The van der Waals surface area contributed by atoms with Crippen molar-refractivity contribution >= 4 is 34.5 Å². The van der Waals surface area contributed by atoms with E-state index < -0.39 is 18.0 Å². The average molecular weight is 470 g/mol. The minimum Gasteiger partial charge on any atom is -0.444 e. The Bertz CT molecular complexity index is 555. The minimum absolute atomic E-state index is 0.276. The second kappa shape index (κ2) is 10.1. The first-order valence-corrected chi connectivity index (χ1v) is 8.82. The number of halogens is 1. The van der Waals surface area contributed by atoms with Gasteiger partial charge in [0.15, 0.2) is 0 Å². The fourth-order valence-corrected chi connectivity index (χ4v) is 2.80. The van der Waals surface area contributed by atoms with Crippen molar-refractivity contribution in [3.8, 4) is 0 Å². The highest BCUT2D eigenvalue weighted by Gasteiger charge is 2.23. The lowest BCUT2D eigenvalue weighted by Crippen LogP contribution is -2.35. The maximum Gasteiger partial charge on any atom is 0.407 e. The lowest BCUT2D eigenvalue weighted by molar-refractivity contribution is -0.109. The Hall–Kier alpha value is -1.11. The maximum atomic E-state index is 11.6. The standard InChI is InChI=1S/C15H27IN4O5/c1-15(2,3)25-14(21)18-8-7-17-12-10(16)11(13(23-5)24-6)19-20(12)9-22-4/h13,17H,7-9H2,1-6H3,(H,18,21). The molecule has 9 nitrogen and oxygen atoms in total. The van der Waals surface area contributed by atoms with E-state index in [4.69, 9.17) is 18.9 Å². The van der Waals surface area contributed by atoms with Crippen molar-refractivity contribution in [2.45, 2.75) is 39.4 Å². The van der Waals surface area contributed by atoms with Crippen molar-refractivity contribution in [1.82, 2.24) is 15.1 Å². The molecule has 10 heteroatoms. The molecule has 1 aromatic heterocycles. The largest absolute Gasteiger partial charge is 0.444 e. The molecule has 1 aromatic rings. The first kappa shape index (κ1) is 21.9. The number of amides is 1. The molecular weight excluding hydrogens is 443 g/mol. The second-order valence-electron chi connectivity index (χ2n) is 6.12. The zero-order chi connectivity index (χ0) is 19.0. The normalized spacial score (nSPS) is 11.7. The monoisotopic (exact) mass is 470 g/mol. The molecule has 0 fully saturated rings. The van der Waals surface area contributed by atoms with Crippen molar-refractivity contribution in [2.24, 2.45) is 0 Å². The van der Waals surface area contributed by atoms with Crippen molar-refractivity contribution in [3.63, 3.8) is 0 Å². The van der Waals surface area contributed by atoms with Crippen LogP contribution < -0.4 is 10.6 Å². The van der Waals surface area contributed by atoms with Crippen LogP contribution in [0.1, 0.15) is 32.8 Å². The molecule has 0 unspecified atom stereocenters. The van der Waals surface area contributed by atoms with Crippen LogP contribution in [0.3, 0.4) is 0 Å². The Morgan fingerprint density at radius 3 is 2.40 bits per heavy atom. The molecule has 0 bridgehead atoms. The lowest BCUT2D eigenvalue weighted by atomic mass is 10.2. The van der Waals surface area contributed by atoms with Crippen molar-refractivity contribution in [3.05, 3.63) is 9.26 Å². The summed E-state index contributed by atoms with van der Waals surface area (Å²) < 4.78 is 23.4. The molecular formula is C15H27IN4O5. The van der Waals surface area contributed by atoms with Gasteiger partial charge in [0.2, 0.25) is 6.29 Å². The molecule has 0 aliphatic carbocycles. The van der Waals surface area contributed by atoms with Gasteiger partial charge >= 0.3 is 6.09 Å². The summed E-state index contributed by atoms with van der Waals surface area (Å²) in [5, 5.41) is 10.4. The minimum atomic E-state index is -0.564. The summed E-state index contributed by atoms with van der Waals surface area (Å²) in [6.07, 6.45) is -1.01. The number of methoxy groups -OCH3 is 3. The van der Waals surface area contributed by atoms with E-state index in [-0.39, 0.29) is 6.73 Å². The molecule has 1 rings (SSSR count). The predicted octanol–water partition coefficient (Wildman–Crippen LogP) is 2.32. The molecule has 1 heterocycles. The fraction of sp³-hybridized carbons (Fsp3) is 0.733. The molecule has 0 aliphatic heterocycles. The number of carbonyl (C=O) groups is 1. The summed E-state index contributed by atoms with van der Waals surface area (Å²) in [7, 11) is 4.70. The Morgan fingerprint density at radius 2 is 1.88 bits per heavy atom. The Labute approximate surface area is 161 Å². The SMILES string of the molecule is COCn1nc(C(OC)OC)c(I)c1NCCNC(=O)OC(C)(C)C. The molecule has 1 amide bonds. The Kier molecular flexibility index (Phi) is 8.89. The van der Waals surface area contributed by atoms with Crippen LogP contribution in [0.25, 0.3) is 0 Å². The first-order chi connectivity index (χ1) is 11.7. The predicted molar refractivity (Wildman–Crippen MR) is 101 cm³/mol. The van der Waals surface area contributed by atoms with Gasteiger partial charge in [-0.15, -0.1) is 0 Å². The van der Waals surface area contributed by atoms with Gasteiger partial charge in [0.1, 0.15) is 23.8 Å². The zero-order valence-electron chi connectivity index (χ0n) is 15.5. The van der Waals surface area contributed by atoms with Gasteiger partial charge in [-0.2, -0.15) is 5.10 Å². The van der Waals surface area contributed by atoms with Gasteiger partial charge in [-0.1, -0.05) is 0 Å². The van der Waals surface area contributed by atoms with Gasteiger partial charge in [-0.25, -0.2) is 9.48 Å². The third-order valence-corrected chi connectivity index (χ3v) is 3.97. The van der Waals surface area contributed by atoms with Crippen LogP contribution in [0.2, 0.25) is 0 Å². The van der Waals surface area contributed by atoms with Crippen LogP contribution in [-0.4, -0.2) is 55.9 Å². The summed E-state index contributed by atoms with van der Waals surface area (Å²) in [5.74, 6) is 0.766. The zero-order valence-corrected chi connectivity index (χ0v) is 17.7. The number of aromatic nitrogens is 2. The molecule has 0 aliphatic rings. The van der Waals surface area contributed by atoms with E-state index in [2.05, 4.69) is 38.3 Å². The lowest BCUT2D eigenvalue weighted by Gasteiger charge is -2.19. The van der Waals surface area contributed by atoms with Gasteiger partial charge in [-0.3, -0.25) is 0 Å². The molecule has 0 atom stereocenters. The molecule has 2 N–H and O–H groups in total. The van der Waals surface area contributed by atoms with E-state index in [9.17, 15) is 4.79 Å². The van der Waals surface area contributed by atoms with E-state index in [1.54, 1.807) is 26.0 Å². The summed E-state index contributed by atoms with van der Waals surface area (Å²) in [5.41, 5.74) is 0.138. The van der Waals surface area contributed by atoms with E-state index in [0.717, 1.165) is 9.39 Å². The first-order valence-electron chi connectivity index (χ1n) is 7.75. The van der Waals surface area contributed by atoms with Crippen LogP contribution in [0, 0.1) is 3.57 Å². The summed E-state index contributed by atoms with van der Waals surface area (Å²) in [4.78, 5) is 11.6. The number of ether oxygens (including phenoxy) is 4. The van der Waals surface area contributed by atoms with E-state index in [1.807, 2.05) is 20.8 Å². The summed E-state index contributed by atoms with van der Waals surface area (Å²) in [6, 6.07) is 0. The molecule has 0 saturated carbocycles. The Balaban J connectivity index is 2.69. The molecule has 0 saturated heterocycles. The molecule has 0 aromatic carbocycles. The molecule has 25 heavy (non-hydrogen) atoms. The molecule has 0 spiro atoms. The molecule has 144 valence electrons. The van der Waals surface area contributed by atoms with Gasteiger partial charge in [0.05, 0.1) is 3.57 Å². The van der Waals surface area contributed by atoms with Gasteiger partial charge in [0, 0.05) is 34.4 Å². The fourth-order valence-electron chi connectivity index (χ4n) is 1.97. The third-order valence-electron chi connectivity index (χ3n) is 2.91. The van der Waals surface area contributed by atoms with Crippen molar-refractivity contribution in [2.75, 3.05) is 39.7 Å². The highest BCUT2D eigenvalue weighted by molar-refractivity contribution is 14.1. The second-order valence-corrected chi connectivity index (χ2v) is 7.20. The van der Waals surface area contributed by atoms with Gasteiger partial charge < -0.3 is 29.6 Å². The van der Waals surface area contributed by atoms with E-state index in [1.165, 1.54) is 0 Å². The Morgan fingerprint density at radius 1 is 1.24 bits per heavy atom. The maximum absolute atomic E-state index is 11.6. The summed E-state index contributed by atoms with van der Waals surface area (Å²) >= 11 is 2.17. The number of nitrogens with one attached hydrogen (secondary N) is 2. The number of hydrogen-bond donors (Lipinski definition) is 2. The average Bonchev–Trinajstić information content (AvgIpc) is 2.81. The van der Waals surface area contributed by atoms with Crippen LogP contribution in [0.5, 0.6) is 0 Å². The van der Waals surface area contributed by atoms with E-state index in [0.29, 0.717) is 18.8 Å². The van der Waals surface area contributed by atoms with Crippen molar-refractivity contribution < 1.29 is 23.7 Å². The molecule has 0 radical (unpaired) electrons. The quantitative estimate of drug-likeness (QED) is 0.325. The van der Waals surface area contributed by atoms with Crippen molar-refractivity contribution in [1.29, 1.82) is 0 Å². The highest BCUT2D eigenvalue weighted by Crippen LogP contribution is 2.28. The van der Waals surface area contributed by atoms with Crippen LogP contribution in [0.15, 0.2) is 0 Å². The number of alkyl carbamates (subject to hydrolysis) is 1. The number of anilines is 1. The number of nitrogens with zero attached hydrogens (tertiary/aromatic N) is 2. The number of hydrogen-bond acceptors (Lipinski definition) is 7. The third kappa shape index (κ3) is 6.96. The highest BCUT2D eigenvalue weighted by atomic mass is 127. The van der Waals surface area contributed by atoms with Gasteiger partial charge in [0.25, 0.3) is 0 Å². The van der Waals surface area contributed by atoms with Crippen LogP contribution in [-0.2, 0) is 25.7 Å². The van der Waals surface area contributed by atoms with Gasteiger partial charge in [-0.05, 0) is 43.4 Å². The smallest absolute Gasteiger partial charge is 0.407 e. The topological polar surface area (TPSA) is 95.9 Å². The van der Waals surface area contributed by atoms with E-state index >= 15 is 0 Å². The number of rotatable bonds is 9.